The number of aromatic nitrogens is 2. The maximum Gasteiger partial charge on any atom is 0.281 e. The molecule has 8 heteroatoms. The Morgan fingerprint density at radius 3 is 2.47 bits per heavy atom. The van der Waals surface area contributed by atoms with Gasteiger partial charge in [0.25, 0.3) is 5.91 Å². The predicted molar refractivity (Wildman–Crippen MR) is 68.5 cm³/mol. The van der Waals surface area contributed by atoms with E-state index in [4.69, 9.17) is 5.73 Å². The van der Waals surface area contributed by atoms with Gasteiger partial charge >= 0.3 is 0 Å². The fourth-order valence-electron chi connectivity index (χ4n) is 1.14. The van der Waals surface area contributed by atoms with Crippen molar-refractivity contribution in [1.82, 2.24) is 10.3 Å². The van der Waals surface area contributed by atoms with E-state index in [2.05, 4.69) is 52.1 Å². The van der Waals surface area contributed by atoms with E-state index in [0.29, 0.717) is 5.69 Å². The van der Waals surface area contributed by atoms with Crippen LogP contribution in [-0.4, -0.2) is 16.2 Å². The molecule has 0 bridgehead atoms. The largest absolute Gasteiger partial charge is 0.379 e. The molecule has 0 atom stereocenters. The van der Waals surface area contributed by atoms with Crippen molar-refractivity contribution >= 4 is 49.3 Å². The van der Waals surface area contributed by atoms with Gasteiger partial charge in [-0.3, -0.25) is 4.79 Å². The van der Waals surface area contributed by atoms with Crippen molar-refractivity contribution in [3.63, 3.8) is 0 Å². The van der Waals surface area contributed by atoms with E-state index >= 15 is 0 Å². The van der Waals surface area contributed by atoms with E-state index in [9.17, 15) is 4.79 Å². The molecule has 3 N–H and O–H groups in total. The molecule has 2 aromatic rings. The first kappa shape index (κ1) is 12.1. The van der Waals surface area contributed by atoms with Gasteiger partial charge in [-0.2, -0.15) is 0 Å². The fourth-order valence-corrected chi connectivity index (χ4v) is 2.34. The molecule has 6 nitrogen and oxygen atoms in total. The number of halogens is 2. The van der Waals surface area contributed by atoms with Crippen LogP contribution < -0.4 is 11.1 Å². The summed E-state index contributed by atoms with van der Waals surface area (Å²) in [6.07, 6.45) is 0. The summed E-state index contributed by atoms with van der Waals surface area (Å²) in [4.78, 5) is 11.8. The highest BCUT2D eigenvalue weighted by molar-refractivity contribution is 9.11. The van der Waals surface area contributed by atoms with Gasteiger partial charge in [-0.1, -0.05) is 6.07 Å². The van der Waals surface area contributed by atoms with Gasteiger partial charge in [0.1, 0.15) is 0 Å². The molecule has 0 aliphatic rings. The van der Waals surface area contributed by atoms with E-state index in [1.807, 2.05) is 6.07 Å². The van der Waals surface area contributed by atoms with Crippen LogP contribution in [0.25, 0.3) is 0 Å². The topological polar surface area (TPSA) is 94.0 Å². The molecule has 1 amide bonds. The molecular weight excluding hydrogens is 356 g/mol. The van der Waals surface area contributed by atoms with Crippen LogP contribution in [-0.2, 0) is 0 Å². The number of hydrogen-bond acceptors (Lipinski definition) is 5. The van der Waals surface area contributed by atoms with E-state index in [1.54, 1.807) is 12.1 Å². The summed E-state index contributed by atoms with van der Waals surface area (Å²) in [5.41, 5.74) is 5.95. The zero-order chi connectivity index (χ0) is 12.4. The van der Waals surface area contributed by atoms with Gasteiger partial charge in [0.2, 0.25) is 11.5 Å². The van der Waals surface area contributed by atoms with Crippen molar-refractivity contribution in [3.05, 3.63) is 32.8 Å². The molecule has 88 valence electrons. The highest BCUT2D eigenvalue weighted by Gasteiger charge is 2.18. The molecule has 17 heavy (non-hydrogen) atoms. The Hall–Kier alpha value is -1.41. The first-order valence-electron chi connectivity index (χ1n) is 4.43. The molecule has 0 saturated heterocycles. The van der Waals surface area contributed by atoms with Crippen LogP contribution in [0, 0.1) is 0 Å². The summed E-state index contributed by atoms with van der Waals surface area (Å²) >= 11 is 6.64. The minimum Gasteiger partial charge on any atom is -0.379 e. The summed E-state index contributed by atoms with van der Waals surface area (Å²) in [5.74, 6) is -0.540. The first-order valence-corrected chi connectivity index (χ1v) is 6.01. The average Bonchev–Trinajstić information content (AvgIpc) is 2.70. The smallest absolute Gasteiger partial charge is 0.281 e. The van der Waals surface area contributed by atoms with E-state index in [0.717, 1.165) is 8.95 Å². The van der Waals surface area contributed by atoms with Crippen LogP contribution in [0.3, 0.4) is 0 Å². The Morgan fingerprint density at radius 2 is 1.94 bits per heavy atom. The molecule has 0 unspecified atom stereocenters. The monoisotopic (exact) mass is 360 g/mol. The summed E-state index contributed by atoms with van der Waals surface area (Å²) in [5, 5.41) is 9.40. The van der Waals surface area contributed by atoms with E-state index in [-0.39, 0.29) is 11.5 Å². The Bertz CT molecular complexity index is 550. The van der Waals surface area contributed by atoms with Crippen LogP contribution in [0.5, 0.6) is 0 Å². The Labute approximate surface area is 113 Å². The second-order valence-corrected chi connectivity index (χ2v) is 4.76. The van der Waals surface area contributed by atoms with Crippen LogP contribution in [0.2, 0.25) is 0 Å². The molecule has 0 aliphatic heterocycles. The quantitative estimate of drug-likeness (QED) is 0.856. The van der Waals surface area contributed by atoms with Crippen molar-refractivity contribution in [1.29, 1.82) is 0 Å². The minimum atomic E-state index is -0.489. The minimum absolute atomic E-state index is 0.0485. The lowest BCUT2D eigenvalue weighted by molar-refractivity contribution is 0.101. The Kier molecular flexibility index (Phi) is 3.43. The molecule has 0 saturated carbocycles. The fraction of sp³-hybridized carbons (Fsp3) is 0. The summed E-state index contributed by atoms with van der Waals surface area (Å²) in [6.45, 7) is 0. The maximum atomic E-state index is 11.8. The molecule has 2 rings (SSSR count). The lowest BCUT2D eigenvalue weighted by atomic mass is 10.3. The van der Waals surface area contributed by atoms with Crippen LogP contribution in [0.1, 0.15) is 10.5 Å². The number of nitrogens with two attached hydrogens (primary N) is 1. The van der Waals surface area contributed by atoms with Crippen LogP contribution in [0.4, 0.5) is 11.5 Å². The van der Waals surface area contributed by atoms with Gasteiger partial charge in [0.05, 0.1) is 5.69 Å². The average molecular weight is 362 g/mol. The predicted octanol–water partition coefficient (Wildman–Crippen LogP) is 2.43. The standard InChI is InChI=1S/C9H6Br2N4O2/c10-4-2-1-3-5(11)6(4)13-9(16)7-8(12)15-17-14-7/h1-3H,(H2,12,15)(H,13,16). The Balaban J connectivity index is 2.28. The molecule has 0 radical (unpaired) electrons. The number of hydrogen-bond donors (Lipinski definition) is 2. The summed E-state index contributed by atoms with van der Waals surface area (Å²) in [6, 6.07) is 5.42. The lowest BCUT2D eigenvalue weighted by Gasteiger charge is -2.07. The number of nitrogens with zero attached hydrogens (tertiary/aromatic N) is 2. The number of benzene rings is 1. The molecule has 0 fully saturated rings. The van der Waals surface area contributed by atoms with Crippen molar-refractivity contribution in [3.8, 4) is 0 Å². The molecule has 1 aromatic carbocycles. The first-order chi connectivity index (χ1) is 8.09. The van der Waals surface area contributed by atoms with Crippen molar-refractivity contribution < 1.29 is 9.42 Å². The number of para-hydroxylation sites is 1. The summed E-state index contributed by atoms with van der Waals surface area (Å²) < 4.78 is 5.82. The molecule has 1 aromatic heterocycles. The summed E-state index contributed by atoms with van der Waals surface area (Å²) in [7, 11) is 0. The van der Waals surface area contributed by atoms with Crippen LogP contribution in [0.15, 0.2) is 31.8 Å². The number of anilines is 2. The van der Waals surface area contributed by atoms with E-state index in [1.165, 1.54) is 0 Å². The Morgan fingerprint density at radius 1 is 1.29 bits per heavy atom. The zero-order valence-corrected chi connectivity index (χ0v) is 11.4. The third kappa shape index (κ3) is 2.47. The zero-order valence-electron chi connectivity index (χ0n) is 8.28. The van der Waals surface area contributed by atoms with Crippen molar-refractivity contribution in [2.24, 2.45) is 0 Å². The van der Waals surface area contributed by atoms with E-state index < -0.39 is 5.91 Å². The highest BCUT2D eigenvalue weighted by Crippen LogP contribution is 2.30. The maximum absolute atomic E-state index is 11.8. The molecular formula is C9H6Br2N4O2. The molecule has 0 spiro atoms. The third-order valence-corrected chi connectivity index (χ3v) is 3.25. The third-order valence-electron chi connectivity index (χ3n) is 1.93. The van der Waals surface area contributed by atoms with Gasteiger partial charge in [0, 0.05) is 8.95 Å². The number of carbonyl (C=O) groups is 1. The van der Waals surface area contributed by atoms with Gasteiger partial charge in [-0.05, 0) is 54.3 Å². The molecule has 0 aliphatic carbocycles. The number of amides is 1. The number of nitrogen functional groups attached to an aromatic ring is 1. The van der Waals surface area contributed by atoms with Gasteiger partial charge in [-0.25, -0.2) is 4.63 Å². The van der Waals surface area contributed by atoms with Crippen molar-refractivity contribution in [2.75, 3.05) is 11.1 Å². The molecule has 1 heterocycles. The normalized spacial score (nSPS) is 10.2. The highest BCUT2D eigenvalue weighted by atomic mass is 79.9. The van der Waals surface area contributed by atoms with Crippen LogP contribution >= 0.6 is 31.9 Å². The number of carbonyl (C=O) groups excluding carboxylic acids is 1. The van der Waals surface area contributed by atoms with Gasteiger partial charge in [0.15, 0.2) is 0 Å². The SMILES string of the molecule is Nc1nonc1C(=O)Nc1c(Br)cccc1Br. The second kappa shape index (κ2) is 4.84. The number of nitrogens with one attached hydrogen (secondary N) is 1. The van der Waals surface area contributed by atoms with Gasteiger partial charge < -0.3 is 11.1 Å². The van der Waals surface area contributed by atoms with Gasteiger partial charge in [-0.15, -0.1) is 0 Å². The second-order valence-electron chi connectivity index (χ2n) is 3.05. The van der Waals surface area contributed by atoms with Crippen molar-refractivity contribution in [2.45, 2.75) is 0 Å². The number of rotatable bonds is 2. The lowest BCUT2D eigenvalue weighted by Crippen LogP contribution is -2.15.